The van der Waals surface area contributed by atoms with E-state index < -0.39 is 0 Å². The minimum absolute atomic E-state index is 0.368. The van der Waals surface area contributed by atoms with Crippen molar-refractivity contribution in [2.45, 2.75) is 19.5 Å². The first-order valence-corrected chi connectivity index (χ1v) is 6.70. The topological polar surface area (TPSA) is 24.9 Å². The van der Waals surface area contributed by atoms with Crippen molar-refractivity contribution in [1.82, 2.24) is 10.3 Å². The SMILES string of the molecule is C[C@H](NCc1ncc(Cl)s1)c1cccs1. The molecule has 0 aliphatic rings. The summed E-state index contributed by atoms with van der Waals surface area (Å²) >= 11 is 9.09. The van der Waals surface area contributed by atoms with Crippen molar-refractivity contribution in [3.63, 3.8) is 0 Å². The van der Waals surface area contributed by atoms with Crippen LogP contribution in [-0.4, -0.2) is 4.98 Å². The summed E-state index contributed by atoms with van der Waals surface area (Å²) in [6, 6.07) is 4.57. The third-order valence-electron chi connectivity index (χ3n) is 2.05. The molecular formula is C10H11ClN2S2. The number of hydrogen-bond acceptors (Lipinski definition) is 4. The van der Waals surface area contributed by atoms with Gasteiger partial charge < -0.3 is 5.32 Å². The summed E-state index contributed by atoms with van der Waals surface area (Å²) in [6.07, 6.45) is 1.69. The fraction of sp³-hybridized carbons (Fsp3) is 0.300. The molecule has 0 aliphatic heterocycles. The van der Waals surface area contributed by atoms with Crippen LogP contribution in [0, 0.1) is 0 Å². The molecular weight excluding hydrogens is 248 g/mol. The van der Waals surface area contributed by atoms with Gasteiger partial charge in [0, 0.05) is 17.5 Å². The monoisotopic (exact) mass is 258 g/mol. The smallest absolute Gasteiger partial charge is 0.113 e. The van der Waals surface area contributed by atoms with E-state index in [1.807, 2.05) is 0 Å². The second-order valence-electron chi connectivity index (χ2n) is 3.18. The second-order valence-corrected chi connectivity index (χ2v) is 5.90. The molecule has 2 rings (SSSR count). The standard InChI is InChI=1S/C10H11ClN2S2/c1-7(8-3-2-4-14-8)12-6-10-13-5-9(11)15-10/h2-5,7,12H,6H2,1H3/t7-/m0/s1. The van der Waals surface area contributed by atoms with Crippen LogP contribution in [-0.2, 0) is 6.54 Å². The van der Waals surface area contributed by atoms with Gasteiger partial charge in [0.1, 0.15) is 9.34 Å². The van der Waals surface area contributed by atoms with Crippen LogP contribution in [0.4, 0.5) is 0 Å². The average molecular weight is 259 g/mol. The minimum atomic E-state index is 0.368. The Balaban J connectivity index is 1.88. The van der Waals surface area contributed by atoms with Gasteiger partial charge in [0.05, 0.1) is 6.20 Å². The maximum absolute atomic E-state index is 5.81. The number of thiophene rings is 1. The Hall–Kier alpha value is -0.420. The van der Waals surface area contributed by atoms with Crippen LogP contribution in [0.2, 0.25) is 4.34 Å². The molecule has 0 unspecified atom stereocenters. The zero-order valence-corrected chi connectivity index (χ0v) is 10.6. The molecule has 1 N–H and O–H groups in total. The molecule has 0 amide bonds. The Morgan fingerprint density at radius 1 is 1.60 bits per heavy atom. The maximum Gasteiger partial charge on any atom is 0.113 e. The normalized spacial score (nSPS) is 12.9. The van der Waals surface area contributed by atoms with Crippen molar-refractivity contribution in [2.24, 2.45) is 0 Å². The number of nitrogens with one attached hydrogen (secondary N) is 1. The summed E-state index contributed by atoms with van der Waals surface area (Å²) < 4.78 is 0.746. The Kier molecular flexibility index (Phi) is 3.75. The molecule has 0 fully saturated rings. The summed E-state index contributed by atoms with van der Waals surface area (Å²) in [6.45, 7) is 2.93. The average Bonchev–Trinajstić information content (AvgIpc) is 2.84. The first-order valence-electron chi connectivity index (χ1n) is 4.62. The number of rotatable bonds is 4. The number of nitrogens with zero attached hydrogens (tertiary/aromatic N) is 1. The van der Waals surface area contributed by atoms with Crippen molar-refractivity contribution in [1.29, 1.82) is 0 Å². The molecule has 0 spiro atoms. The van der Waals surface area contributed by atoms with Crippen LogP contribution < -0.4 is 5.32 Å². The molecule has 2 aromatic heterocycles. The predicted octanol–water partition coefficient (Wildman–Crippen LogP) is 3.71. The van der Waals surface area contributed by atoms with E-state index in [9.17, 15) is 0 Å². The first-order chi connectivity index (χ1) is 7.25. The van der Waals surface area contributed by atoms with Crippen LogP contribution >= 0.6 is 34.3 Å². The highest BCUT2D eigenvalue weighted by molar-refractivity contribution is 7.15. The van der Waals surface area contributed by atoms with Gasteiger partial charge >= 0.3 is 0 Å². The van der Waals surface area contributed by atoms with Crippen LogP contribution in [0.25, 0.3) is 0 Å². The Labute approximate surface area is 102 Å². The molecule has 80 valence electrons. The van der Waals surface area contributed by atoms with E-state index in [1.54, 1.807) is 17.5 Å². The highest BCUT2D eigenvalue weighted by Crippen LogP contribution is 2.21. The van der Waals surface area contributed by atoms with Crippen molar-refractivity contribution >= 4 is 34.3 Å². The van der Waals surface area contributed by atoms with Crippen LogP contribution in [0.5, 0.6) is 0 Å². The predicted molar refractivity (Wildman–Crippen MR) is 66.7 cm³/mol. The zero-order valence-electron chi connectivity index (χ0n) is 8.24. The third kappa shape index (κ3) is 3.01. The van der Waals surface area contributed by atoms with E-state index in [1.165, 1.54) is 16.2 Å². The molecule has 5 heteroatoms. The van der Waals surface area contributed by atoms with Crippen molar-refractivity contribution in [3.05, 3.63) is 37.9 Å². The summed E-state index contributed by atoms with van der Waals surface area (Å²) in [5.74, 6) is 0. The minimum Gasteiger partial charge on any atom is -0.303 e. The van der Waals surface area contributed by atoms with Gasteiger partial charge in [-0.15, -0.1) is 22.7 Å². The molecule has 0 aliphatic carbocycles. The van der Waals surface area contributed by atoms with Gasteiger partial charge in [-0.05, 0) is 18.4 Å². The highest BCUT2D eigenvalue weighted by Gasteiger charge is 2.06. The van der Waals surface area contributed by atoms with Crippen molar-refractivity contribution < 1.29 is 0 Å². The van der Waals surface area contributed by atoms with E-state index in [4.69, 9.17) is 11.6 Å². The fourth-order valence-electron chi connectivity index (χ4n) is 1.25. The van der Waals surface area contributed by atoms with E-state index in [0.717, 1.165) is 15.9 Å². The Bertz CT molecular complexity index is 411. The molecule has 2 heterocycles. The molecule has 1 atom stereocenters. The van der Waals surface area contributed by atoms with Gasteiger partial charge in [0.15, 0.2) is 0 Å². The number of thiazole rings is 1. The molecule has 0 bridgehead atoms. The van der Waals surface area contributed by atoms with E-state index >= 15 is 0 Å². The lowest BCUT2D eigenvalue weighted by Gasteiger charge is -2.09. The molecule has 2 nitrogen and oxygen atoms in total. The zero-order chi connectivity index (χ0) is 10.7. The van der Waals surface area contributed by atoms with Gasteiger partial charge in [-0.2, -0.15) is 0 Å². The summed E-state index contributed by atoms with van der Waals surface area (Å²) in [5.41, 5.74) is 0. The molecule has 0 aromatic carbocycles. The Morgan fingerprint density at radius 3 is 3.07 bits per heavy atom. The van der Waals surface area contributed by atoms with E-state index in [-0.39, 0.29) is 0 Å². The van der Waals surface area contributed by atoms with Crippen LogP contribution in [0.1, 0.15) is 22.9 Å². The number of aromatic nitrogens is 1. The van der Waals surface area contributed by atoms with Crippen LogP contribution in [0.3, 0.4) is 0 Å². The second kappa shape index (κ2) is 5.07. The molecule has 0 saturated carbocycles. The van der Waals surface area contributed by atoms with Crippen LogP contribution in [0.15, 0.2) is 23.7 Å². The number of halogens is 1. The highest BCUT2D eigenvalue weighted by atomic mass is 35.5. The van der Waals surface area contributed by atoms with E-state index in [2.05, 4.69) is 34.7 Å². The summed E-state index contributed by atoms with van der Waals surface area (Å²) in [4.78, 5) is 5.54. The van der Waals surface area contributed by atoms with Gasteiger partial charge in [-0.25, -0.2) is 4.98 Å². The lowest BCUT2D eigenvalue weighted by molar-refractivity contribution is 0.581. The summed E-state index contributed by atoms with van der Waals surface area (Å²) in [5, 5.41) is 6.54. The van der Waals surface area contributed by atoms with Gasteiger partial charge in [-0.3, -0.25) is 0 Å². The maximum atomic E-state index is 5.81. The molecule has 0 saturated heterocycles. The molecule has 0 radical (unpaired) electrons. The lowest BCUT2D eigenvalue weighted by atomic mass is 10.3. The quantitative estimate of drug-likeness (QED) is 0.904. The molecule has 15 heavy (non-hydrogen) atoms. The van der Waals surface area contributed by atoms with Gasteiger partial charge in [0.25, 0.3) is 0 Å². The summed E-state index contributed by atoms with van der Waals surface area (Å²) in [7, 11) is 0. The van der Waals surface area contributed by atoms with Crippen molar-refractivity contribution in [2.75, 3.05) is 0 Å². The number of hydrogen-bond donors (Lipinski definition) is 1. The van der Waals surface area contributed by atoms with Crippen molar-refractivity contribution in [3.8, 4) is 0 Å². The first kappa shape index (κ1) is 11.1. The largest absolute Gasteiger partial charge is 0.303 e. The fourth-order valence-corrected chi connectivity index (χ4v) is 2.91. The van der Waals surface area contributed by atoms with Gasteiger partial charge in [-0.1, -0.05) is 17.7 Å². The lowest BCUT2D eigenvalue weighted by Crippen LogP contribution is -2.16. The third-order valence-corrected chi connectivity index (χ3v) is 4.22. The molecule has 2 aromatic rings. The van der Waals surface area contributed by atoms with Gasteiger partial charge in [0.2, 0.25) is 0 Å². The van der Waals surface area contributed by atoms with E-state index in [0.29, 0.717) is 6.04 Å². The Morgan fingerprint density at radius 2 is 2.47 bits per heavy atom.